The van der Waals surface area contributed by atoms with E-state index in [0.29, 0.717) is 11.3 Å². The summed E-state index contributed by atoms with van der Waals surface area (Å²) in [5.41, 5.74) is 1.12. The first-order valence-electron chi connectivity index (χ1n) is 5.99. The van der Waals surface area contributed by atoms with Crippen molar-refractivity contribution < 1.29 is 9.18 Å². The molecule has 4 nitrogen and oxygen atoms in total. The molecule has 0 saturated heterocycles. The molecule has 0 bridgehead atoms. The number of carbonyl (C=O) groups excluding carboxylic acids is 1. The minimum absolute atomic E-state index is 0.0817. The van der Waals surface area contributed by atoms with E-state index in [1.54, 1.807) is 19.1 Å². The lowest BCUT2D eigenvalue weighted by molar-refractivity contribution is -0.120. The lowest BCUT2D eigenvalue weighted by Gasteiger charge is -2.12. The molecule has 1 amide bonds. The number of hydrogen-bond donors (Lipinski definition) is 3. The Labute approximate surface area is 117 Å². The molecule has 0 atom stereocenters. The first kappa shape index (κ1) is 15.4. The predicted octanol–water partition coefficient (Wildman–Crippen LogP) is 1.95. The fourth-order valence-electron chi connectivity index (χ4n) is 1.38. The maximum absolute atomic E-state index is 13.3. The summed E-state index contributed by atoms with van der Waals surface area (Å²) in [5.74, 6) is -0.445. The van der Waals surface area contributed by atoms with Crippen molar-refractivity contribution in [3.05, 3.63) is 29.6 Å². The maximum atomic E-state index is 13.3. The molecule has 0 saturated carbocycles. The van der Waals surface area contributed by atoms with Crippen LogP contribution in [0.4, 0.5) is 10.1 Å². The Morgan fingerprint density at radius 2 is 2.11 bits per heavy atom. The summed E-state index contributed by atoms with van der Waals surface area (Å²) < 4.78 is 13.3. The van der Waals surface area contributed by atoms with E-state index in [4.69, 9.17) is 12.2 Å². The zero-order valence-electron chi connectivity index (χ0n) is 11.2. The molecule has 0 aliphatic rings. The molecule has 0 aliphatic carbocycles. The van der Waals surface area contributed by atoms with E-state index in [-0.39, 0.29) is 29.4 Å². The third kappa shape index (κ3) is 5.65. The van der Waals surface area contributed by atoms with Crippen molar-refractivity contribution in [2.24, 2.45) is 0 Å². The smallest absolute Gasteiger partial charge is 0.239 e. The van der Waals surface area contributed by atoms with Crippen molar-refractivity contribution in [3.63, 3.8) is 0 Å². The van der Waals surface area contributed by atoms with Gasteiger partial charge in [0.15, 0.2) is 5.11 Å². The highest BCUT2D eigenvalue weighted by Gasteiger charge is 2.05. The van der Waals surface area contributed by atoms with Gasteiger partial charge in [0.1, 0.15) is 5.82 Å². The molecule has 1 aromatic rings. The van der Waals surface area contributed by atoms with Crippen LogP contribution in [0.15, 0.2) is 18.2 Å². The Morgan fingerprint density at radius 3 is 2.68 bits per heavy atom. The zero-order valence-corrected chi connectivity index (χ0v) is 12.0. The number of nitrogens with one attached hydrogen (secondary N) is 3. The normalized spacial score (nSPS) is 10.2. The van der Waals surface area contributed by atoms with Crippen molar-refractivity contribution in [3.8, 4) is 0 Å². The van der Waals surface area contributed by atoms with Crippen LogP contribution in [0.2, 0.25) is 0 Å². The van der Waals surface area contributed by atoms with E-state index in [2.05, 4.69) is 16.0 Å². The van der Waals surface area contributed by atoms with Crippen LogP contribution >= 0.6 is 12.2 Å². The van der Waals surface area contributed by atoms with Crippen LogP contribution in [0.5, 0.6) is 0 Å². The standard InChI is InChI=1S/C13H18FN3OS/c1-8(2)16-12(18)7-15-13(19)17-10-5-4-9(3)11(14)6-10/h4-6,8H,7H2,1-3H3,(H,16,18)(H2,15,17,19). The van der Waals surface area contributed by atoms with Crippen molar-refractivity contribution in [2.75, 3.05) is 11.9 Å². The average molecular weight is 283 g/mol. The van der Waals surface area contributed by atoms with Gasteiger partial charge >= 0.3 is 0 Å². The van der Waals surface area contributed by atoms with Crippen molar-refractivity contribution in [2.45, 2.75) is 26.8 Å². The van der Waals surface area contributed by atoms with Crippen molar-refractivity contribution in [1.29, 1.82) is 0 Å². The number of aryl methyl sites for hydroxylation is 1. The second-order valence-electron chi connectivity index (χ2n) is 4.49. The molecule has 0 fully saturated rings. The van der Waals surface area contributed by atoms with E-state index in [9.17, 15) is 9.18 Å². The minimum atomic E-state index is -0.301. The van der Waals surface area contributed by atoms with Gasteiger partial charge in [-0.1, -0.05) is 6.07 Å². The summed E-state index contributed by atoms with van der Waals surface area (Å²) in [6, 6.07) is 4.83. The maximum Gasteiger partial charge on any atom is 0.239 e. The summed E-state index contributed by atoms with van der Waals surface area (Å²) in [5, 5.41) is 8.58. The average Bonchev–Trinajstić information content (AvgIpc) is 2.30. The van der Waals surface area contributed by atoms with E-state index in [0.717, 1.165) is 0 Å². The monoisotopic (exact) mass is 283 g/mol. The summed E-state index contributed by atoms with van der Waals surface area (Å²) in [7, 11) is 0. The lowest BCUT2D eigenvalue weighted by Crippen LogP contribution is -2.41. The SMILES string of the molecule is Cc1ccc(NC(=S)NCC(=O)NC(C)C)cc1F. The van der Waals surface area contributed by atoms with Crippen LogP contribution in [0, 0.1) is 12.7 Å². The minimum Gasteiger partial charge on any atom is -0.353 e. The number of hydrogen-bond acceptors (Lipinski definition) is 2. The molecular formula is C13H18FN3OS. The van der Waals surface area contributed by atoms with Gasteiger partial charge in [0.2, 0.25) is 5.91 Å². The molecule has 0 spiro atoms. The lowest BCUT2D eigenvalue weighted by atomic mass is 10.2. The Hall–Kier alpha value is -1.69. The van der Waals surface area contributed by atoms with Gasteiger partial charge in [-0.05, 0) is 50.7 Å². The number of benzene rings is 1. The molecule has 0 heterocycles. The van der Waals surface area contributed by atoms with Crippen LogP contribution < -0.4 is 16.0 Å². The van der Waals surface area contributed by atoms with Crippen molar-refractivity contribution >= 4 is 28.9 Å². The number of carbonyl (C=O) groups is 1. The molecule has 0 radical (unpaired) electrons. The number of halogens is 1. The van der Waals surface area contributed by atoms with Crippen molar-refractivity contribution in [1.82, 2.24) is 10.6 Å². The highest BCUT2D eigenvalue weighted by molar-refractivity contribution is 7.80. The van der Waals surface area contributed by atoms with Gasteiger partial charge in [-0.15, -0.1) is 0 Å². The van der Waals surface area contributed by atoms with E-state index >= 15 is 0 Å². The number of anilines is 1. The second-order valence-corrected chi connectivity index (χ2v) is 4.90. The quantitative estimate of drug-likeness (QED) is 0.739. The number of rotatable bonds is 4. The van der Waals surface area contributed by atoms with Gasteiger partial charge < -0.3 is 16.0 Å². The summed E-state index contributed by atoms with van der Waals surface area (Å²) in [4.78, 5) is 11.4. The van der Waals surface area contributed by atoms with Gasteiger partial charge in [-0.3, -0.25) is 4.79 Å². The van der Waals surface area contributed by atoms with E-state index in [1.165, 1.54) is 6.07 Å². The van der Waals surface area contributed by atoms with Crippen LogP contribution in [-0.4, -0.2) is 23.6 Å². The second kappa shape index (κ2) is 7.04. The van der Waals surface area contributed by atoms with Crippen LogP contribution in [0.3, 0.4) is 0 Å². The van der Waals surface area contributed by atoms with Gasteiger partial charge in [-0.25, -0.2) is 4.39 Å². The first-order chi connectivity index (χ1) is 8.88. The Bertz CT molecular complexity index is 477. The Morgan fingerprint density at radius 1 is 1.42 bits per heavy atom. The molecule has 104 valence electrons. The Kier molecular flexibility index (Phi) is 5.69. The highest BCUT2D eigenvalue weighted by atomic mass is 32.1. The van der Waals surface area contributed by atoms with Gasteiger partial charge in [0, 0.05) is 11.7 Å². The molecule has 0 aromatic heterocycles. The van der Waals surface area contributed by atoms with E-state index in [1.807, 2.05) is 13.8 Å². The summed E-state index contributed by atoms with van der Waals surface area (Å²) in [6.45, 7) is 5.53. The van der Waals surface area contributed by atoms with E-state index < -0.39 is 0 Å². The molecular weight excluding hydrogens is 265 g/mol. The highest BCUT2D eigenvalue weighted by Crippen LogP contribution is 2.13. The van der Waals surface area contributed by atoms with Crippen LogP contribution in [0.25, 0.3) is 0 Å². The zero-order chi connectivity index (χ0) is 14.4. The fourth-order valence-corrected chi connectivity index (χ4v) is 1.57. The summed E-state index contributed by atoms with van der Waals surface area (Å²) in [6.07, 6.45) is 0. The molecule has 1 rings (SSSR count). The summed E-state index contributed by atoms with van der Waals surface area (Å²) >= 11 is 5.02. The third-order valence-corrected chi connectivity index (χ3v) is 2.54. The Balaban J connectivity index is 2.43. The molecule has 1 aromatic carbocycles. The van der Waals surface area contributed by atoms with Gasteiger partial charge in [-0.2, -0.15) is 0 Å². The van der Waals surface area contributed by atoms with Crippen LogP contribution in [-0.2, 0) is 4.79 Å². The number of thiocarbonyl (C=S) groups is 1. The largest absolute Gasteiger partial charge is 0.353 e. The fraction of sp³-hybridized carbons (Fsp3) is 0.385. The molecule has 0 aliphatic heterocycles. The molecule has 6 heteroatoms. The topological polar surface area (TPSA) is 53.2 Å². The third-order valence-electron chi connectivity index (χ3n) is 2.29. The van der Waals surface area contributed by atoms with Gasteiger partial charge in [0.05, 0.1) is 6.54 Å². The van der Waals surface area contributed by atoms with Gasteiger partial charge in [0.25, 0.3) is 0 Å². The predicted molar refractivity (Wildman–Crippen MR) is 78.6 cm³/mol. The first-order valence-corrected chi connectivity index (χ1v) is 6.39. The molecule has 19 heavy (non-hydrogen) atoms. The number of amides is 1. The van der Waals surface area contributed by atoms with Crippen LogP contribution in [0.1, 0.15) is 19.4 Å². The molecule has 0 unspecified atom stereocenters. The molecule has 3 N–H and O–H groups in total.